The number of carbonyl (C=O) groups excluding carboxylic acids is 3. The zero-order valence-electron chi connectivity index (χ0n) is 15.5. The Morgan fingerprint density at radius 2 is 1.52 bits per heavy atom. The first-order valence-electron chi connectivity index (χ1n) is 9.72. The summed E-state index contributed by atoms with van der Waals surface area (Å²) in [5, 5.41) is 2.86. The van der Waals surface area contributed by atoms with Crippen molar-refractivity contribution in [2.75, 3.05) is 10.2 Å². The predicted molar refractivity (Wildman–Crippen MR) is 113 cm³/mol. The third-order valence-electron chi connectivity index (χ3n) is 6.16. The molecule has 3 amide bonds. The molecule has 6 heteroatoms. The molecule has 29 heavy (non-hydrogen) atoms. The van der Waals surface area contributed by atoms with Gasteiger partial charge >= 0.3 is 0 Å². The molecule has 2 aliphatic carbocycles. The normalized spacial score (nSPS) is 26.9. The number of imide groups is 1. The lowest BCUT2D eigenvalue weighted by Gasteiger charge is -2.17. The van der Waals surface area contributed by atoms with Crippen LogP contribution in [0.1, 0.15) is 12.0 Å². The van der Waals surface area contributed by atoms with Crippen LogP contribution < -0.4 is 10.2 Å². The molecule has 1 heterocycles. The highest BCUT2D eigenvalue weighted by molar-refractivity contribution is 9.10. The van der Waals surface area contributed by atoms with Gasteiger partial charge in [-0.2, -0.15) is 0 Å². The number of hydrogen-bond acceptors (Lipinski definition) is 3. The molecule has 2 aromatic carbocycles. The quantitative estimate of drug-likeness (QED) is 0.566. The number of amides is 3. The van der Waals surface area contributed by atoms with Crippen molar-refractivity contribution in [3.63, 3.8) is 0 Å². The van der Waals surface area contributed by atoms with Crippen molar-refractivity contribution in [2.24, 2.45) is 23.7 Å². The summed E-state index contributed by atoms with van der Waals surface area (Å²) < 4.78 is 0.949. The van der Waals surface area contributed by atoms with E-state index in [0.717, 1.165) is 22.1 Å². The first kappa shape index (κ1) is 18.3. The fraction of sp³-hybridized carbons (Fsp3) is 0.261. The van der Waals surface area contributed by atoms with E-state index in [1.807, 2.05) is 24.3 Å². The summed E-state index contributed by atoms with van der Waals surface area (Å²) in [6.07, 6.45) is 5.33. The van der Waals surface area contributed by atoms with Crippen molar-refractivity contribution in [1.29, 1.82) is 0 Å². The maximum absolute atomic E-state index is 12.9. The minimum atomic E-state index is -0.200. The van der Waals surface area contributed by atoms with Crippen molar-refractivity contribution in [3.05, 3.63) is 70.7 Å². The Kier molecular flexibility index (Phi) is 4.39. The van der Waals surface area contributed by atoms with Crippen molar-refractivity contribution >= 4 is 45.0 Å². The predicted octanol–water partition coefficient (Wildman–Crippen LogP) is 3.94. The van der Waals surface area contributed by atoms with Gasteiger partial charge in [0.2, 0.25) is 17.7 Å². The second-order valence-corrected chi connectivity index (χ2v) is 8.83. The number of benzene rings is 2. The van der Waals surface area contributed by atoms with Gasteiger partial charge < -0.3 is 5.32 Å². The Hall–Kier alpha value is -2.73. The number of rotatable bonds is 4. The SMILES string of the molecule is O=C(Cc1ccc(N2C(=O)C3C4C=CC(C4)C3C2=O)cc1)Nc1ccc(Br)cc1. The highest BCUT2D eigenvalue weighted by Gasteiger charge is 2.59. The van der Waals surface area contributed by atoms with Crippen molar-refractivity contribution in [2.45, 2.75) is 12.8 Å². The lowest BCUT2D eigenvalue weighted by atomic mass is 9.85. The number of nitrogens with zero attached hydrogens (tertiary/aromatic N) is 1. The summed E-state index contributed by atoms with van der Waals surface area (Å²) in [7, 11) is 0. The molecule has 146 valence electrons. The van der Waals surface area contributed by atoms with Crippen LogP contribution in [0, 0.1) is 23.7 Å². The average Bonchev–Trinajstić information content (AvgIpc) is 3.38. The Morgan fingerprint density at radius 3 is 2.10 bits per heavy atom. The molecule has 2 bridgehead atoms. The highest BCUT2D eigenvalue weighted by atomic mass is 79.9. The minimum absolute atomic E-state index is 0.0856. The average molecular weight is 451 g/mol. The van der Waals surface area contributed by atoms with E-state index in [1.165, 1.54) is 4.90 Å². The number of carbonyl (C=O) groups is 3. The topological polar surface area (TPSA) is 66.5 Å². The van der Waals surface area contributed by atoms with Gasteiger partial charge in [-0.25, -0.2) is 0 Å². The van der Waals surface area contributed by atoms with Crippen LogP contribution in [0.3, 0.4) is 0 Å². The number of nitrogens with one attached hydrogen (secondary N) is 1. The molecule has 2 aromatic rings. The van der Waals surface area contributed by atoms with Crippen LogP contribution in [0.2, 0.25) is 0 Å². The van der Waals surface area contributed by atoms with Gasteiger partial charge in [-0.15, -0.1) is 0 Å². The molecular weight excluding hydrogens is 432 g/mol. The number of hydrogen-bond donors (Lipinski definition) is 1. The molecular formula is C23H19BrN2O3. The van der Waals surface area contributed by atoms with E-state index < -0.39 is 0 Å². The number of halogens is 1. The summed E-state index contributed by atoms with van der Waals surface area (Å²) in [5.74, 6) is -0.287. The number of fused-ring (bicyclic) bond motifs is 5. The molecule has 1 saturated carbocycles. The summed E-state index contributed by atoms with van der Waals surface area (Å²) in [4.78, 5) is 39.4. The molecule has 0 aromatic heterocycles. The summed E-state index contributed by atoms with van der Waals surface area (Å²) in [6, 6.07) is 14.5. The van der Waals surface area contributed by atoms with Crippen LogP contribution in [0.4, 0.5) is 11.4 Å². The van der Waals surface area contributed by atoms with Gasteiger partial charge in [0.25, 0.3) is 0 Å². The van der Waals surface area contributed by atoms with Crippen molar-refractivity contribution in [1.82, 2.24) is 0 Å². The van der Waals surface area contributed by atoms with E-state index in [9.17, 15) is 14.4 Å². The van der Waals surface area contributed by atoms with Gasteiger partial charge in [0, 0.05) is 10.2 Å². The zero-order valence-corrected chi connectivity index (χ0v) is 17.1. The van der Waals surface area contributed by atoms with E-state index in [4.69, 9.17) is 0 Å². The molecule has 4 atom stereocenters. The largest absolute Gasteiger partial charge is 0.326 e. The first-order valence-corrected chi connectivity index (χ1v) is 10.5. The maximum Gasteiger partial charge on any atom is 0.238 e. The third kappa shape index (κ3) is 3.12. The van der Waals surface area contributed by atoms with E-state index in [0.29, 0.717) is 5.69 Å². The monoisotopic (exact) mass is 450 g/mol. The van der Waals surface area contributed by atoms with E-state index >= 15 is 0 Å². The fourth-order valence-electron chi connectivity index (χ4n) is 4.84. The zero-order chi connectivity index (χ0) is 20.1. The number of allylic oxidation sites excluding steroid dienone is 2. The minimum Gasteiger partial charge on any atom is -0.326 e. The van der Waals surface area contributed by atoms with Crippen LogP contribution in [0.25, 0.3) is 0 Å². The van der Waals surface area contributed by atoms with E-state index in [1.54, 1.807) is 24.3 Å². The van der Waals surface area contributed by atoms with Gasteiger partial charge in [0.1, 0.15) is 0 Å². The Morgan fingerprint density at radius 1 is 0.931 bits per heavy atom. The summed E-state index contributed by atoms with van der Waals surface area (Å²) >= 11 is 3.37. The Balaban J connectivity index is 1.27. The molecule has 1 aliphatic heterocycles. The molecule has 4 unspecified atom stereocenters. The van der Waals surface area contributed by atoms with Crippen LogP contribution in [-0.4, -0.2) is 17.7 Å². The third-order valence-corrected chi connectivity index (χ3v) is 6.69. The van der Waals surface area contributed by atoms with Crippen molar-refractivity contribution in [3.8, 4) is 0 Å². The molecule has 0 spiro atoms. The summed E-state index contributed by atoms with van der Waals surface area (Å²) in [6.45, 7) is 0. The highest BCUT2D eigenvalue weighted by Crippen LogP contribution is 2.53. The van der Waals surface area contributed by atoms with Gasteiger partial charge in [-0.3, -0.25) is 19.3 Å². The van der Waals surface area contributed by atoms with Crippen LogP contribution in [0.15, 0.2) is 65.2 Å². The van der Waals surface area contributed by atoms with Gasteiger partial charge in [0.15, 0.2) is 0 Å². The van der Waals surface area contributed by atoms with E-state index in [2.05, 4.69) is 33.4 Å². The number of anilines is 2. The fourth-order valence-corrected chi connectivity index (χ4v) is 5.11. The summed E-state index contributed by atoms with van der Waals surface area (Å²) in [5.41, 5.74) is 2.15. The molecule has 3 aliphatic rings. The van der Waals surface area contributed by atoms with Crippen molar-refractivity contribution < 1.29 is 14.4 Å². The Bertz CT molecular complexity index is 999. The molecule has 0 radical (unpaired) electrons. The molecule has 1 N–H and O–H groups in total. The second-order valence-electron chi connectivity index (χ2n) is 7.91. The first-order chi connectivity index (χ1) is 14.0. The maximum atomic E-state index is 12.9. The molecule has 2 fully saturated rings. The second kappa shape index (κ2) is 6.95. The van der Waals surface area contributed by atoms with Crippen LogP contribution in [0.5, 0.6) is 0 Å². The lowest BCUT2D eigenvalue weighted by Crippen LogP contribution is -2.32. The van der Waals surface area contributed by atoms with Gasteiger partial charge in [-0.1, -0.05) is 40.2 Å². The van der Waals surface area contributed by atoms with E-state index in [-0.39, 0.29) is 47.8 Å². The molecule has 5 nitrogen and oxygen atoms in total. The van der Waals surface area contributed by atoms with Crippen LogP contribution in [-0.2, 0) is 20.8 Å². The standard InChI is InChI=1S/C23H19BrN2O3/c24-16-5-7-17(8-6-16)25-19(27)11-13-1-9-18(10-2-13)26-22(28)20-14-3-4-15(12-14)21(20)23(26)29/h1-10,14-15,20-21H,11-12H2,(H,25,27). The smallest absolute Gasteiger partial charge is 0.238 e. The van der Waals surface area contributed by atoms with Gasteiger partial charge in [0.05, 0.1) is 23.9 Å². The molecule has 5 rings (SSSR count). The Labute approximate surface area is 176 Å². The van der Waals surface area contributed by atoms with Crippen LogP contribution >= 0.6 is 15.9 Å². The lowest BCUT2D eigenvalue weighted by molar-refractivity contribution is -0.123. The molecule has 1 saturated heterocycles. The van der Waals surface area contributed by atoms with Gasteiger partial charge in [-0.05, 0) is 60.2 Å².